The zero-order valence-electron chi connectivity index (χ0n) is 22.0. The summed E-state index contributed by atoms with van der Waals surface area (Å²) < 4.78 is 14.7. The quantitative estimate of drug-likeness (QED) is 0.428. The van der Waals surface area contributed by atoms with Gasteiger partial charge in [-0.05, 0) is 63.4 Å². The van der Waals surface area contributed by atoms with Crippen LogP contribution in [0.15, 0.2) is 30.7 Å². The molecule has 0 aromatic carbocycles. The second-order valence-corrected chi connectivity index (χ2v) is 10.4. The fraction of sp³-hybridized carbons (Fsp3) is 0.538. The molecule has 9 nitrogen and oxygen atoms in total. The highest BCUT2D eigenvalue weighted by atomic mass is 19.1. The normalized spacial score (nSPS) is 21.3. The van der Waals surface area contributed by atoms with Gasteiger partial charge in [0.2, 0.25) is 5.95 Å². The van der Waals surface area contributed by atoms with Crippen molar-refractivity contribution in [2.24, 2.45) is 0 Å². The van der Waals surface area contributed by atoms with Crippen molar-refractivity contribution >= 4 is 34.2 Å². The van der Waals surface area contributed by atoms with Gasteiger partial charge in [-0.25, -0.2) is 19.3 Å². The number of halogens is 1. The fourth-order valence-corrected chi connectivity index (χ4v) is 4.26. The Labute approximate surface area is 212 Å². The molecule has 10 heteroatoms. The van der Waals surface area contributed by atoms with Gasteiger partial charge in [0.05, 0.1) is 12.6 Å². The number of fused-ring (bicyclic) bond motifs is 1. The molecule has 0 unspecified atom stereocenters. The van der Waals surface area contributed by atoms with Gasteiger partial charge in [-0.1, -0.05) is 13.8 Å². The van der Waals surface area contributed by atoms with Crippen LogP contribution >= 0.6 is 0 Å². The van der Waals surface area contributed by atoms with E-state index in [1.54, 1.807) is 17.2 Å². The van der Waals surface area contributed by atoms with E-state index in [-0.39, 0.29) is 6.54 Å². The first-order chi connectivity index (χ1) is 17.0. The van der Waals surface area contributed by atoms with E-state index in [1.807, 2.05) is 18.5 Å². The maximum Gasteiger partial charge on any atom is 0.227 e. The SMILES string of the molecule is CC(C)c1cnc(NC[C@H](C)N(C)C)c2cnc(Nc3ccnc(N4CC[C@@H](O)[C@@](C)(F)C4)n3)cc12. The van der Waals surface area contributed by atoms with Gasteiger partial charge < -0.3 is 25.5 Å². The number of likely N-dealkylation sites (N-methyl/N-ethyl adjacent to an activating group) is 1. The molecule has 3 aromatic rings. The Kier molecular flexibility index (Phi) is 7.56. The van der Waals surface area contributed by atoms with Crippen molar-refractivity contribution in [2.75, 3.05) is 49.3 Å². The lowest BCUT2D eigenvalue weighted by Crippen LogP contribution is -2.52. The third-order valence-corrected chi connectivity index (χ3v) is 6.92. The largest absolute Gasteiger partial charge is 0.390 e. The number of hydrogen-bond donors (Lipinski definition) is 3. The minimum Gasteiger partial charge on any atom is -0.390 e. The first kappa shape index (κ1) is 26.0. The molecule has 3 atom stereocenters. The standard InChI is InChI=1S/C26H37FN8O/c1-16(2)19-13-31-24(30-12-17(3)34(5)6)20-14-29-23(11-18(19)20)32-22-7-9-28-25(33-22)35-10-8-21(36)26(4,27)15-35/h7,9,11,13-14,16-17,21,36H,8,10,12,15H2,1-6H3,(H,30,31)(H,28,29,32,33)/t17-,21+,26-/m0/s1. The summed E-state index contributed by atoms with van der Waals surface area (Å²) in [5, 5.41) is 18.7. The molecule has 3 aromatic heterocycles. The molecule has 4 rings (SSSR count). The Morgan fingerprint density at radius 2 is 1.94 bits per heavy atom. The molecule has 36 heavy (non-hydrogen) atoms. The monoisotopic (exact) mass is 496 g/mol. The minimum atomic E-state index is -1.71. The average molecular weight is 497 g/mol. The molecule has 0 radical (unpaired) electrons. The van der Waals surface area contributed by atoms with Crippen molar-refractivity contribution in [1.29, 1.82) is 0 Å². The minimum absolute atomic E-state index is 0.0405. The third kappa shape index (κ3) is 5.65. The highest BCUT2D eigenvalue weighted by Gasteiger charge is 2.39. The number of rotatable bonds is 8. The molecule has 1 fully saturated rings. The van der Waals surface area contributed by atoms with Crippen LogP contribution in [-0.4, -0.2) is 81.5 Å². The number of anilines is 4. The van der Waals surface area contributed by atoms with E-state index >= 15 is 0 Å². The summed E-state index contributed by atoms with van der Waals surface area (Å²) in [7, 11) is 4.12. The number of aromatic nitrogens is 4. The molecule has 0 spiro atoms. The van der Waals surface area contributed by atoms with Crippen molar-refractivity contribution in [1.82, 2.24) is 24.8 Å². The zero-order valence-corrected chi connectivity index (χ0v) is 22.0. The van der Waals surface area contributed by atoms with Crippen LogP contribution in [0, 0.1) is 0 Å². The number of aliphatic hydroxyl groups excluding tert-OH is 1. The lowest BCUT2D eigenvalue weighted by atomic mass is 9.94. The second kappa shape index (κ2) is 10.5. The van der Waals surface area contributed by atoms with Crippen LogP contribution in [0.1, 0.15) is 45.6 Å². The van der Waals surface area contributed by atoms with Crippen LogP contribution in [0.4, 0.5) is 27.8 Å². The molecule has 4 heterocycles. The number of alkyl halides is 1. The van der Waals surface area contributed by atoms with Gasteiger partial charge in [-0.3, -0.25) is 0 Å². The summed E-state index contributed by atoms with van der Waals surface area (Å²) >= 11 is 0. The predicted molar refractivity (Wildman–Crippen MR) is 143 cm³/mol. The van der Waals surface area contributed by atoms with Crippen molar-refractivity contribution in [3.8, 4) is 0 Å². The summed E-state index contributed by atoms with van der Waals surface area (Å²) in [6, 6.07) is 4.13. The lowest BCUT2D eigenvalue weighted by Gasteiger charge is -2.38. The highest BCUT2D eigenvalue weighted by Crippen LogP contribution is 2.31. The molecule has 194 valence electrons. The highest BCUT2D eigenvalue weighted by molar-refractivity contribution is 5.95. The topological polar surface area (TPSA) is 102 Å². The smallest absolute Gasteiger partial charge is 0.227 e. The molecular weight excluding hydrogens is 459 g/mol. The second-order valence-electron chi connectivity index (χ2n) is 10.4. The van der Waals surface area contributed by atoms with E-state index in [1.165, 1.54) is 6.92 Å². The fourth-order valence-electron chi connectivity index (χ4n) is 4.26. The van der Waals surface area contributed by atoms with Crippen LogP contribution in [0.3, 0.4) is 0 Å². The van der Waals surface area contributed by atoms with Gasteiger partial charge in [-0.2, -0.15) is 4.98 Å². The molecule has 3 N–H and O–H groups in total. The van der Waals surface area contributed by atoms with Gasteiger partial charge >= 0.3 is 0 Å². The molecule has 1 aliphatic rings. The molecule has 1 aliphatic heterocycles. The Bertz CT molecular complexity index is 1200. The summed E-state index contributed by atoms with van der Waals surface area (Å²) in [5.41, 5.74) is -0.568. The van der Waals surface area contributed by atoms with Crippen molar-refractivity contribution in [3.05, 3.63) is 36.3 Å². The first-order valence-electron chi connectivity index (χ1n) is 12.5. The molecule has 0 bridgehead atoms. The van der Waals surface area contributed by atoms with Crippen molar-refractivity contribution in [2.45, 2.75) is 57.8 Å². The van der Waals surface area contributed by atoms with E-state index in [2.05, 4.69) is 70.3 Å². The zero-order chi connectivity index (χ0) is 26.0. The Morgan fingerprint density at radius 1 is 1.17 bits per heavy atom. The number of nitrogens with zero attached hydrogens (tertiary/aromatic N) is 6. The van der Waals surface area contributed by atoms with E-state index in [4.69, 9.17) is 0 Å². The van der Waals surface area contributed by atoms with E-state index in [9.17, 15) is 9.50 Å². The molecular formula is C26H37FN8O. The van der Waals surface area contributed by atoms with Crippen molar-refractivity contribution in [3.63, 3.8) is 0 Å². The number of aliphatic hydroxyl groups is 1. The van der Waals surface area contributed by atoms with Gasteiger partial charge in [0.25, 0.3) is 0 Å². The molecule has 0 amide bonds. The van der Waals surface area contributed by atoms with Crippen LogP contribution in [0.2, 0.25) is 0 Å². The van der Waals surface area contributed by atoms with Gasteiger partial charge in [0.15, 0.2) is 5.67 Å². The van der Waals surface area contributed by atoms with E-state index in [0.717, 1.165) is 28.7 Å². The van der Waals surface area contributed by atoms with Crippen LogP contribution in [0.5, 0.6) is 0 Å². The summed E-state index contributed by atoms with van der Waals surface area (Å²) in [6.45, 7) is 9.17. The van der Waals surface area contributed by atoms with Crippen LogP contribution in [0.25, 0.3) is 10.8 Å². The Hall–Kier alpha value is -3.11. The third-order valence-electron chi connectivity index (χ3n) is 6.92. The van der Waals surface area contributed by atoms with E-state index in [0.29, 0.717) is 42.5 Å². The maximum absolute atomic E-state index is 14.7. The van der Waals surface area contributed by atoms with E-state index < -0.39 is 11.8 Å². The Balaban J connectivity index is 1.59. The molecule has 1 saturated heterocycles. The van der Waals surface area contributed by atoms with Gasteiger partial charge in [0, 0.05) is 43.1 Å². The predicted octanol–water partition coefficient (Wildman–Crippen LogP) is 3.95. The number of nitrogens with one attached hydrogen (secondary N) is 2. The summed E-state index contributed by atoms with van der Waals surface area (Å²) in [4.78, 5) is 22.2. The van der Waals surface area contributed by atoms with Gasteiger partial charge in [-0.15, -0.1) is 0 Å². The number of hydrogen-bond acceptors (Lipinski definition) is 9. The van der Waals surface area contributed by atoms with Crippen molar-refractivity contribution < 1.29 is 9.50 Å². The molecule has 0 saturated carbocycles. The summed E-state index contributed by atoms with van der Waals surface area (Å²) in [5.74, 6) is 2.74. The maximum atomic E-state index is 14.7. The number of pyridine rings is 2. The first-order valence-corrected chi connectivity index (χ1v) is 12.5. The van der Waals surface area contributed by atoms with Gasteiger partial charge in [0.1, 0.15) is 17.5 Å². The number of piperidine rings is 1. The average Bonchev–Trinajstić information content (AvgIpc) is 2.83. The lowest BCUT2D eigenvalue weighted by molar-refractivity contribution is -0.00860. The van der Waals surface area contributed by atoms with Crippen LogP contribution < -0.4 is 15.5 Å². The van der Waals surface area contributed by atoms with Crippen LogP contribution in [-0.2, 0) is 0 Å². The Morgan fingerprint density at radius 3 is 2.64 bits per heavy atom. The summed E-state index contributed by atoms with van der Waals surface area (Å²) in [6.07, 6.45) is 4.76. The molecule has 0 aliphatic carbocycles.